The maximum Gasteiger partial charge on any atom is 0.125 e. The van der Waals surface area contributed by atoms with Gasteiger partial charge in [-0.3, -0.25) is 0 Å². The largest absolute Gasteiger partial charge is 0.397 e. The van der Waals surface area contributed by atoms with Crippen molar-refractivity contribution >= 4 is 23.0 Å². The Labute approximate surface area is 111 Å². The van der Waals surface area contributed by atoms with Crippen molar-refractivity contribution < 1.29 is 4.39 Å². The van der Waals surface area contributed by atoms with E-state index in [1.807, 2.05) is 24.3 Å². The minimum atomic E-state index is -0.293. The lowest BCUT2D eigenvalue weighted by atomic mass is 10.1. The standard InChI is InChI=1S/C14H14ClFN2/c15-11-3-1-10(2-4-11)7-8-18-14-9-12(16)5-6-13(14)17/h1-6,9,18H,7-8,17H2. The van der Waals surface area contributed by atoms with E-state index in [0.29, 0.717) is 17.9 Å². The van der Waals surface area contributed by atoms with Crippen molar-refractivity contribution in [2.75, 3.05) is 17.6 Å². The number of nitrogen functional groups attached to an aromatic ring is 1. The van der Waals surface area contributed by atoms with Crippen molar-refractivity contribution in [2.45, 2.75) is 6.42 Å². The average Bonchev–Trinajstić information content (AvgIpc) is 2.36. The smallest absolute Gasteiger partial charge is 0.125 e. The Morgan fingerprint density at radius 1 is 1.11 bits per heavy atom. The van der Waals surface area contributed by atoms with Crippen molar-refractivity contribution in [3.05, 3.63) is 58.9 Å². The highest BCUT2D eigenvalue weighted by molar-refractivity contribution is 6.30. The maximum absolute atomic E-state index is 13.0. The Morgan fingerprint density at radius 3 is 2.56 bits per heavy atom. The van der Waals surface area contributed by atoms with Gasteiger partial charge in [-0.15, -0.1) is 0 Å². The highest BCUT2D eigenvalue weighted by Crippen LogP contribution is 2.19. The molecule has 94 valence electrons. The minimum Gasteiger partial charge on any atom is -0.397 e. The molecule has 0 radical (unpaired) electrons. The second-order valence-electron chi connectivity index (χ2n) is 4.03. The molecule has 0 atom stereocenters. The summed E-state index contributed by atoms with van der Waals surface area (Å²) in [6.45, 7) is 0.690. The Hall–Kier alpha value is -1.74. The van der Waals surface area contributed by atoms with Gasteiger partial charge >= 0.3 is 0 Å². The summed E-state index contributed by atoms with van der Waals surface area (Å²) in [5.74, 6) is -0.293. The zero-order valence-electron chi connectivity index (χ0n) is 9.79. The summed E-state index contributed by atoms with van der Waals surface area (Å²) in [7, 11) is 0. The first-order valence-corrected chi connectivity index (χ1v) is 6.06. The topological polar surface area (TPSA) is 38.0 Å². The lowest BCUT2D eigenvalue weighted by Crippen LogP contribution is -2.07. The Balaban J connectivity index is 1.92. The van der Waals surface area contributed by atoms with Gasteiger partial charge in [0.15, 0.2) is 0 Å². The number of rotatable bonds is 4. The van der Waals surface area contributed by atoms with Gasteiger partial charge < -0.3 is 11.1 Å². The summed E-state index contributed by atoms with van der Waals surface area (Å²) in [6, 6.07) is 12.0. The molecule has 0 fully saturated rings. The van der Waals surface area contributed by atoms with Crippen LogP contribution >= 0.6 is 11.6 Å². The third-order valence-electron chi connectivity index (χ3n) is 2.66. The molecule has 0 aliphatic rings. The van der Waals surface area contributed by atoms with Gasteiger partial charge in [-0.1, -0.05) is 23.7 Å². The van der Waals surface area contributed by atoms with E-state index in [1.165, 1.54) is 17.7 Å². The molecular formula is C14H14ClFN2. The van der Waals surface area contributed by atoms with E-state index in [0.717, 1.165) is 11.4 Å². The predicted molar refractivity (Wildman–Crippen MR) is 74.5 cm³/mol. The van der Waals surface area contributed by atoms with Crippen LogP contribution in [-0.2, 0) is 6.42 Å². The molecule has 3 N–H and O–H groups in total. The van der Waals surface area contributed by atoms with E-state index in [4.69, 9.17) is 17.3 Å². The SMILES string of the molecule is Nc1ccc(F)cc1NCCc1ccc(Cl)cc1. The van der Waals surface area contributed by atoms with Crippen molar-refractivity contribution in [3.63, 3.8) is 0 Å². The van der Waals surface area contributed by atoms with Crippen molar-refractivity contribution in [3.8, 4) is 0 Å². The van der Waals surface area contributed by atoms with Crippen LogP contribution in [0.5, 0.6) is 0 Å². The van der Waals surface area contributed by atoms with E-state index >= 15 is 0 Å². The number of benzene rings is 2. The molecule has 0 amide bonds. The zero-order valence-corrected chi connectivity index (χ0v) is 10.5. The van der Waals surface area contributed by atoms with E-state index in [-0.39, 0.29) is 5.82 Å². The van der Waals surface area contributed by atoms with Crippen LogP contribution < -0.4 is 11.1 Å². The second kappa shape index (κ2) is 5.74. The van der Waals surface area contributed by atoms with Crippen molar-refractivity contribution in [1.82, 2.24) is 0 Å². The van der Waals surface area contributed by atoms with Gasteiger partial charge in [-0.2, -0.15) is 0 Å². The van der Waals surface area contributed by atoms with Crippen LogP contribution in [0, 0.1) is 5.82 Å². The molecule has 4 heteroatoms. The van der Waals surface area contributed by atoms with E-state index in [2.05, 4.69) is 5.32 Å². The highest BCUT2D eigenvalue weighted by Gasteiger charge is 2.00. The van der Waals surface area contributed by atoms with Crippen LogP contribution in [0.25, 0.3) is 0 Å². The van der Waals surface area contributed by atoms with Crippen LogP contribution in [0.2, 0.25) is 5.02 Å². The monoisotopic (exact) mass is 264 g/mol. The molecular weight excluding hydrogens is 251 g/mol. The summed E-state index contributed by atoms with van der Waals surface area (Å²) in [5.41, 5.74) is 8.09. The molecule has 2 aromatic carbocycles. The number of hydrogen-bond acceptors (Lipinski definition) is 2. The molecule has 0 aliphatic heterocycles. The Morgan fingerprint density at radius 2 is 1.83 bits per heavy atom. The van der Waals surface area contributed by atoms with Crippen LogP contribution in [0.3, 0.4) is 0 Å². The Kier molecular flexibility index (Phi) is 4.05. The molecule has 0 saturated carbocycles. The first-order valence-electron chi connectivity index (χ1n) is 5.68. The molecule has 18 heavy (non-hydrogen) atoms. The lowest BCUT2D eigenvalue weighted by molar-refractivity contribution is 0.628. The summed E-state index contributed by atoms with van der Waals surface area (Å²) in [4.78, 5) is 0. The summed E-state index contributed by atoms with van der Waals surface area (Å²) >= 11 is 5.81. The van der Waals surface area contributed by atoms with Gasteiger partial charge in [0, 0.05) is 11.6 Å². The van der Waals surface area contributed by atoms with Gasteiger partial charge in [0.05, 0.1) is 11.4 Å². The highest BCUT2D eigenvalue weighted by atomic mass is 35.5. The molecule has 0 spiro atoms. The fourth-order valence-corrected chi connectivity index (χ4v) is 1.80. The molecule has 0 heterocycles. The van der Waals surface area contributed by atoms with Gasteiger partial charge in [-0.25, -0.2) is 4.39 Å². The molecule has 2 nitrogen and oxygen atoms in total. The van der Waals surface area contributed by atoms with Gasteiger partial charge in [0.2, 0.25) is 0 Å². The van der Waals surface area contributed by atoms with E-state index < -0.39 is 0 Å². The fourth-order valence-electron chi connectivity index (χ4n) is 1.67. The molecule has 2 rings (SSSR count). The van der Waals surface area contributed by atoms with E-state index in [9.17, 15) is 4.39 Å². The predicted octanol–water partition coefficient (Wildman–Crippen LogP) is 3.72. The van der Waals surface area contributed by atoms with Crippen LogP contribution in [0.1, 0.15) is 5.56 Å². The number of hydrogen-bond donors (Lipinski definition) is 2. The number of anilines is 2. The summed E-state index contributed by atoms with van der Waals surface area (Å²) in [6.07, 6.45) is 0.827. The fraction of sp³-hybridized carbons (Fsp3) is 0.143. The molecule has 0 aromatic heterocycles. The maximum atomic E-state index is 13.0. The molecule has 0 aliphatic carbocycles. The molecule has 0 unspecified atom stereocenters. The van der Waals surface area contributed by atoms with Crippen molar-refractivity contribution in [2.24, 2.45) is 0 Å². The third-order valence-corrected chi connectivity index (χ3v) is 2.91. The zero-order chi connectivity index (χ0) is 13.0. The molecule has 2 aromatic rings. The Bertz CT molecular complexity index is 526. The van der Waals surface area contributed by atoms with Gasteiger partial charge in [0.1, 0.15) is 5.82 Å². The second-order valence-corrected chi connectivity index (χ2v) is 4.47. The molecule has 0 saturated heterocycles. The average molecular weight is 265 g/mol. The van der Waals surface area contributed by atoms with Crippen molar-refractivity contribution in [1.29, 1.82) is 0 Å². The molecule has 0 bridgehead atoms. The van der Waals surface area contributed by atoms with Crippen LogP contribution in [-0.4, -0.2) is 6.54 Å². The van der Waals surface area contributed by atoms with Crippen LogP contribution in [0.15, 0.2) is 42.5 Å². The summed E-state index contributed by atoms with van der Waals surface area (Å²) in [5, 5.41) is 3.84. The van der Waals surface area contributed by atoms with Gasteiger partial charge in [0.25, 0.3) is 0 Å². The van der Waals surface area contributed by atoms with Crippen LogP contribution in [0.4, 0.5) is 15.8 Å². The quantitative estimate of drug-likeness (QED) is 0.826. The number of halogens is 2. The normalized spacial score (nSPS) is 10.3. The number of nitrogens with two attached hydrogens (primary N) is 1. The van der Waals surface area contributed by atoms with E-state index in [1.54, 1.807) is 6.07 Å². The summed E-state index contributed by atoms with van der Waals surface area (Å²) < 4.78 is 13.0. The third kappa shape index (κ3) is 3.37. The lowest BCUT2D eigenvalue weighted by Gasteiger charge is -2.09. The first kappa shape index (κ1) is 12.7. The number of nitrogens with one attached hydrogen (secondary N) is 1. The van der Waals surface area contributed by atoms with Gasteiger partial charge in [-0.05, 0) is 42.3 Å². The minimum absolute atomic E-state index is 0.293. The first-order chi connectivity index (χ1) is 8.65.